The number of anilines is 1. The smallest absolute Gasteiger partial charge is 0.132 e. The van der Waals surface area contributed by atoms with E-state index in [-0.39, 0.29) is 0 Å². The van der Waals surface area contributed by atoms with Gasteiger partial charge in [0.2, 0.25) is 0 Å². The second kappa shape index (κ2) is 6.72. The Labute approximate surface area is 146 Å². The van der Waals surface area contributed by atoms with Crippen LogP contribution in [0.5, 0.6) is 0 Å². The van der Waals surface area contributed by atoms with Crippen molar-refractivity contribution in [3.8, 4) is 0 Å². The Morgan fingerprint density at radius 3 is 2.46 bits per heavy atom. The highest BCUT2D eigenvalue weighted by Gasteiger charge is 2.36. The van der Waals surface area contributed by atoms with Crippen molar-refractivity contribution in [2.24, 2.45) is 0 Å². The maximum absolute atomic E-state index is 4.55. The second-order valence-electron chi connectivity index (χ2n) is 6.88. The van der Waals surface area contributed by atoms with E-state index in [0.29, 0.717) is 12.1 Å². The summed E-state index contributed by atoms with van der Waals surface area (Å²) in [5.74, 6) is 1.11. The van der Waals surface area contributed by atoms with E-state index >= 15 is 0 Å². The highest BCUT2D eigenvalue weighted by Crippen LogP contribution is 2.35. The summed E-state index contributed by atoms with van der Waals surface area (Å²) in [7, 11) is 0. The van der Waals surface area contributed by atoms with E-state index in [4.69, 9.17) is 0 Å². The number of hydrogen-bond donors (Lipinski definition) is 0. The van der Waals surface area contributed by atoms with Gasteiger partial charge in [-0.25, -0.2) is 9.97 Å². The normalized spacial score (nSPS) is 19.6. The van der Waals surface area contributed by atoms with Crippen LogP contribution in [0.15, 0.2) is 12.4 Å². The van der Waals surface area contributed by atoms with Gasteiger partial charge in [-0.15, -0.1) is 21.5 Å². The summed E-state index contributed by atoms with van der Waals surface area (Å²) in [6.45, 7) is 7.25. The van der Waals surface area contributed by atoms with Crippen LogP contribution in [0.4, 0.5) is 5.82 Å². The molecule has 7 heteroatoms. The van der Waals surface area contributed by atoms with Gasteiger partial charge < -0.3 is 4.90 Å². The van der Waals surface area contributed by atoms with Crippen LogP contribution in [0, 0.1) is 13.8 Å². The average molecular weight is 344 g/mol. The lowest BCUT2D eigenvalue weighted by Gasteiger charge is -2.39. The molecule has 0 aromatic carbocycles. The van der Waals surface area contributed by atoms with Gasteiger partial charge in [0.1, 0.15) is 22.2 Å². The molecule has 2 aliphatic rings. The topological polar surface area (TPSA) is 58.0 Å². The molecule has 24 heavy (non-hydrogen) atoms. The summed E-state index contributed by atoms with van der Waals surface area (Å²) in [6.07, 6.45) is 6.68. The molecule has 0 N–H and O–H groups in total. The number of aryl methyl sites for hydroxylation is 2. The molecule has 1 saturated carbocycles. The van der Waals surface area contributed by atoms with Gasteiger partial charge in [-0.1, -0.05) is 0 Å². The van der Waals surface area contributed by atoms with Crippen LogP contribution in [0.25, 0.3) is 0 Å². The molecular weight excluding hydrogens is 320 g/mol. The van der Waals surface area contributed by atoms with Gasteiger partial charge in [0, 0.05) is 36.9 Å². The van der Waals surface area contributed by atoms with Crippen molar-refractivity contribution in [2.45, 2.75) is 58.2 Å². The molecule has 2 aromatic rings. The first-order valence-corrected chi connectivity index (χ1v) is 9.59. The predicted molar refractivity (Wildman–Crippen MR) is 95.2 cm³/mol. The molecule has 0 radical (unpaired) electrons. The van der Waals surface area contributed by atoms with E-state index in [2.05, 4.69) is 36.0 Å². The number of hydrogen-bond acceptors (Lipinski definition) is 7. The van der Waals surface area contributed by atoms with Crippen LogP contribution in [-0.4, -0.2) is 50.2 Å². The van der Waals surface area contributed by atoms with Crippen LogP contribution in [0.3, 0.4) is 0 Å². The monoisotopic (exact) mass is 344 g/mol. The molecule has 1 aliphatic carbocycles. The van der Waals surface area contributed by atoms with Gasteiger partial charge >= 0.3 is 0 Å². The molecule has 0 spiro atoms. The van der Waals surface area contributed by atoms with Crippen molar-refractivity contribution < 1.29 is 0 Å². The largest absolute Gasteiger partial charge is 0.350 e. The Morgan fingerprint density at radius 2 is 1.83 bits per heavy atom. The van der Waals surface area contributed by atoms with E-state index in [9.17, 15) is 0 Å². The molecule has 4 rings (SSSR count). The van der Waals surface area contributed by atoms with E-state index in [1.807, 2.05) is 13.8 Å². The molecular formula is C17H24N6S. The molecule has 128 valence electrons. The van der Waals surface area contributed by atoms with Gasteiger partial charge in [-0.3, -0.25) is 4.90 Å². The molecule has 1 aliphatic heterocycles. The summed E-state index contributed by atoms with van der Waals surface area (Å²) in [5.41, 5.74) is 1.05. The van der Waals surface area contributed by atoms with Gasteiger partial charge in [-0.2, -0.15) is 0 Å². The van der Waals surface area contributed by atoms with Crippen molar-refractivity contribution >= 4 is 17.2 Å². The predicted octanol–water partition coefficient (Wildman–Crippen LogP) is 2.58. The standard InChI is InChI=1S/C17H24N6S/c1-12-9-16(19-11-18-12)23(14-3-4-14)15-5-7-22(8-6-15)10-17-21-20-13(2)24-17/h9,11,14-15H,3-8,10H2,1-2H3. The Bertz CT molecular complexity index is 690. The maximum Gasteiger partial charge on any atom is 0.132 e. The quantitative estimate of drug-likeness (QED) is 0.831. The minimum Gasteiger partial charge on any atom is -0.350 e. The van der Waals surface area contributed by atoms with Crippen LogP contribution in [0.1, 0.15) is 41.4 Å². The van der Waals surface area contributed by atoms with Gasteiger partial charge in [0.05, 0.1) is 6.54 Å². The third-order valence-corrected chi connectivity index (χ3v) is 5.69. The Morgan fingerprint density at radius 1 is 1.08 bits per heavy atom. The zero-order chi connectivity index (χ0) is 16.5. The lowest BCUT2D eigenvalue weighted by Crippen LogP contribution is -2.46. The summed E-state index contributed by atoms with van der Waals surface area (Å²) < 4.78 is 0. The zero-order valence-corrected chi connectivity index (χ0v) is 15.2. The summed E-state index contributed by atoms with van der Waals surface area (Å²) in [6, 6.07) is 3.41. The summed E-state index contributed by atoms with van der Waals surface area (Å²) in [4.78, 5) is 13.9. The molecule has 0 amide bonds. The van der Waals surface area contributed by atoms with Crippen LogP contribution in [0.2, 0.25) is 0 Å². The summed E-state index contributed by atoms with van der Waals surface area (Å²) in [5, 5.41) is 10.6. The molecule has 0 atom stereocenters. The highest BCUT2D eigenvalue weighted by molar-refractivity contribution is 7.11. The SMILES string of the molecule is Cc1cc(N(C2CC2)C2CCN(Cc3nnc(C)s3)CC2)ncn1. The van der Waals surface area contributed by atoms with E-state index in [1.54, 1.807) is 17.7 Å². The fraction of sp³-hybridized carbons (Fsp3) is 0.647. The molecule has 3 heterocycles. The van der Waals surface area contributed by atoms with Crippen molar-refractivity contribution in [2.75, 3.05) is 18.0 Å². The highest BCUT2D eigenvalue weighted by atomic mass is 32.1. The third-order valence-electron chi connectivity index (χ3n) is 4.87. The molecule has 0 bridgehead atoms. The van der Waals surface area contributed by atoms with Crippen LogP contribution >= 0.6 is 11.3 Å². The van der Waals surface area contributed by atoms with Crippen molar-refractivity contribution in [1.29, 1.82) is 0 Å². The zero-order valence-electron chi connectivity index (χ0n) is 14.4. The number of aromatic nitrogens is 4. The fourth-order valence-electron chi connectivity index (χ4n) is 3.55. The van der Waals surface area contributed by atoms with Crippen molar-refractivity contribution in [3.05, 3.63) is 28.1 Å². The van der Waals surface area contributed by atoms with E-state index < -0.39 is 0 Å². The lowest BCUT2D eigenvalue weighted by atomic mass is 10.0. The molecule has 1 saturated heterocycles. The van der Waals surface area contributed by atoms with Gasteiger partial charge in [-0.05, 0) is 39.5 Å². The van der Waals surface area contributed by atoms with Crippen molar-refractivity contribution in [1.82, 2.24) is 25.1 Å². The molecule has 0 unspecified atom stereocenters. The first-order valence-electron chi connectivity index (χ1n) is 8.77. The third kappa shape index (κ3) is 3.57. The van der Waals surface area contributed by atoms with Crippen LogP contribution in [-0.2, 0) is 6.54 Å². The Kier molecular flexibility index (Phi) is 4.45. The van der Waals surface area contributed by atoms with Crippen molar-refractivity contribution in [3.63, 3.8) is 0 Å². The minimum absolute atomic E-state index is 0.596. The first kappa shape index (κ1) is 15.9. The fourth-order valence-corrected chi connectivity index (χ4v) is 4.31. The molecule has 2 fully saturated rings. The number of rotatable bonds is 5. The summed E-state index contributed by atoms with van der Waals surface area (Å²) >= 11 is 1.71. The first-order chi connectivity index (χ1) is 11.7. The number of nitrogens with zero attached hydrogens (tertiary/aromatic N) is 6. The van der Waals surface area contributed by atoms with Gasteiger partial charge in [0.15, 0.2) is 0 Å². The molecule has 2 aromatic heterocycles. The maximum atomic E-state index is 4.55. The van der Waals surface area contributed by atoms with E-state index in [1.165, 1.54) is 25.7 Å². The Hall–Kier alpha value is -1.60. The second-order valence-corrected chi connectivity index (χ2v) is 8.14. The van der Waals surface area contributed by atoms with Gasteiger partial charge in [0.25, 0.3) is 0 Å². The lowest BCUT2D eigenvalue weighted by molar-refractivity contribution is 0.200. The average Bonchev–Trinajstić information content (AvgIpc) is 3.32. The number of piperidine rings is 1. The van der Waals surface area contributed by atoms with Crippen LogP contribution < -0.4 is 4.90 Å². The Balaban J connectivity index is 1.40. The molecule has 6 nitrogen and oxygen atoms in total. The van der Waals surface area contributed by atoms with E-state index in [0.717, 1.165) is 41.2 Å². The number of likely N-dealkylation sites (tertiary alicyclic amines) is 1. The minimum atomic E-state index is 0.596.